The van der Waals surface area contributed by atoms with Gasteiger partial charge in [-0.25, -0.2) is 14.6 Å². The lowest BCUT2D eigenvalue weighted by Gasteiger charge is -2.27. The lowest BCUT2D eigenvalue weighted by Crippen LogP contribution is -2.33. The number of nitrogens with one attached hydrogen (secondary N) is 1. The summed E-state index contributed by atoms with van der Waals surface area (Å²) in [7, 11) is 0. The average molecular weight is 362 g/mol. The molecule has 1 aliphatic rings. The normalized spacial score (nSPS) is 14.4. The van der Waals surface area contributed by atoms with Gasteiger partial charge in [-0.1, -0.05) is 12.1 Å². The number of nitrogens with zero attached hydrogens (tertiary/aromatic N) is 7. The van der Waals surface area contributed by atoms with Crippen molar-refractivity contribution in [3.63, 3.8) is 0 Å². The number of aromatic nitrogens is 6. The van der Waals surface area contributed by atoms with Gasteiger partial charge in [0.05, 0.1) is 24.5 Å². The maximum Gasteiger partial charge on any atom is 0.222 e. The first-order chi connectivity index (χ1) is 13.3. The number of hydrogen-bond acceptors (Lipinski definition) is 8. The Hall–Kier alpha value is -3.33. The van der Waals surface area contributed by atoms with Crippen LogP contribution in [0.5, 0.6) is 0 Å². The van der Waals surface area contributed by atoms with E-state index in [2.05, 4.69) is 52.4 Å². The highest BCUT2D eigenvalue weighted by Gasteiger charge is 2.20. The van der Waals surface area contributed by atoms with Gasteiger partial charge in [0.15, 0.2) is 0 Å². The van der Waals surface area contributed by atoms with Crippen LogP contribution in [0.4, 0.5) is 5.95 Å². The van der Waals surface area contributed by atoms with Gasteiger partial charge >= 0.3 is 0 Å². The lowest BCUT2D eigenvalue weighted by atomic mass is 10.1. The minimum Gasteiger partial charge on any atom is -0.348 e. The van der Waals surface area contributed by atoms with Gasteiger partial charge < -0.3 is 5.32 Å². The molecule has 1 N–H and O–H groups in total. The Labute approximate surface area is 155 Å². The van der Waals surface area contributed by atoms with E-state index in [4.69, 9.17) is 4.63 Å². The molecule has 9 nitrogen and oxygen atoms in total. The Balaban J connectivity index is 1.27. The third-order valence-electron chi connectivity index (χ3n) is 4.68. The number of anilines is 1. The van der Waals surface area contributed by atoms with E-state index < -0.39 is 0 Å². The molecule has 0 unspecified atom stereocenters. The highest BCUT2D eigenvalue weighted by Crippen LogP contribution is 2.20. The Bertz CT molecular complexity index is 1060. The van der Waals surface area contributed by atoms with E-state index in [1.54, 1.807) is 18.5 Å². The predicted molar refractivity (Wildman–Crippen MR) is 97.5 cm³/mol. The summed E-state index contributed by atoms with van der Waals surface area (Å²) in [6, 6.07) is 9.92. The van der Waals surface area contributed by atoms with Crippen LogP contribution in [0.2, 0.25) is 0 Å². The zero-order chi connectivity index (χ0) is 18.1. The van der Waals surface area contributed by atoms with Crippen molar-refractivity contribution in [3.8, 4) is 0 Å². The third kappa shape index (κ3) is 3.24. The highest BCUT2D eigenvalue weighted by molar-refractivity contribution is 5.76. The summed E-state index contributed by atoms with van der Waals surface area (Å²) in [6.07, 6.45) is 3.44. The van der Waals surface area contributed by atoms with E-state index in [0.717, 1.165) is 48.5 Å². The summed E-state index contributed by atoms with van der Waals surface area (Å²) in [6.45, 7) is 4.06. The molecule has 4 heterocycles. The number of fused-ring (bicyclic) bond motifs is 2. The lowest BCUT2D eigenvalue weighted by molar-refractivity contribution is 0.205. The smallest absolute Gasteiger partial charge is 0.222 e. The van der Waals surface area contributed by atoms with Crippen LogP contribution in [-0.4, -0.2) is 41.5 Å². The second kappa shape index (κ2) is 6.76. The van der Waals surface area contributed by atoms with Crippen LogP contribution in [0.3, 0.4) is 0 Å². The SMILES string of the molecule is c1cnc(NCc2cc3n(n2)CCN(Cc2cccc4nonc24)C3)nc1. The molecule has 0 saturated carbocycles. The first-order valence-electron chi connectivity index (χ1n) is 8.84. The maximum absolute atomic E-state index is 4.87. The van der Waals surface area contributed by atoms with E-state index in [9.17, 15) is 0 Å². The first-order valence-corrected chi connectivity index (χ1v) is 8.84. The van der Waals surface area contributed by atoms with Crippen LogP contribution in [0.15, 0.2) is 47.4 Å². The van der Waals surface area contributed by atoms with Crippen LogP contribution < -0.4 is 5.32 Å². The molecule has 0 aliphatic carbocycles. The molecule has 136 valence electrons. The minimum atomic E-state index is 0.605. The van der Waals surface area contributed by atoms with Crippen LogP contribution >= 0.6 is 0 Å². The summed E-state index contributed by atoms with van der Waals surface area (Å²) in [5, 5.41) is 15.8. The summed E-state index contributed by atoms with van der Waals surface area (Å²) >= 11 is 0. The maximum atomic E-state index is 4.87. The molecule has 1 aromatic carbocycles. The van der Waals surface area contributed by atoms with Crippen molar-refractivity contribution in [2.75, 3.05) is 11.9 Å². The average Bonchev–Trinajstić information content (AvgIpc) is 3.34. The molecular weight excluding hydrogens is 344 g/mol. The van der Waals surface area contributed by atoms with Gasteiger partial charge in [0.1, 0.15) is 11.0 Å². The molecular formula is C18H18N8O. The molecule has 0 spiro atoms. The van der Waals surface area contributed by atoms with Crippen LogP contribution in [0.1, 0.15) is 17.0 Å². The van der Waals surface area contributed by atoms with Crippen molar-refractivity contribution in [2.45, 2.75) is 26.2 Å². The van der Waals surface area contributed by atoms with Crippen molar-refractivity contribution >= 4 is 17.0 Å². The topological polar surface area (TPSA) is 97.8 Å². The van der Waals surface area contributed by atoms with Gasteiger partial charge in [-0.05, 0) is 34.1 Å². The molecule has 0 saturated heterocycles. The number of benzene rings is 1. The van der Waals surface area contributed by atoms with Crippen LogP contribution in [0, 0.1) is 0 Å². The standard InChI is InChI=1S/C18H18N8O/c1-3-13(17-16(4-1)23-27-24-17)11-25-7-8-26-15(12-25)9-14(22-26)10-21-18-19-5-2-6-20-18/h1-6,9H,7-8,10-12H2,(H,19,20,21). The van der Waals surface area contributed by atoms with Gasteiger partial charge in [0, 0.05) is 32.0 Å². The van der Waals surface area contributed by atoms with E-state index in [-0.39, 0.29) is 0 Å². The second-order valence-electron chi connectivity index (χ2n) is 6.54. The Kier molecular flexibility index (Phi) is 3.98. The van der Waals surface area contributed by atoms with E-state index in [0.29, 0.717) is 12.5 Å². The number of rotatable bonds is 5. The van der Waals surface area contributed by atoms with Crippen molar-refractivity contribution in [2.24, 2.45) is 0 Å². The Morgan fingerprint density at radius 3 is 2.93 bits per heavy atom. The molecule has 0 atom stereocenters. The Morgan fingerprint density at radius 2 is 2.00 bits per heavy atom. The summed E-state index contributed by atoms with van der Waals surface area (Å²) in [4.78, 5) is 10.7. The van der Waals surface area contributed by atoms with Crippen molar-refractivity contribution in [3.05, 3.63) is 59.7 Å². The monoisotopic (exact) mass is 362 g/mol. The van der Waals surface area contributed by atoms with Crippen LogP contribution in [0.25, 0.3) is 11.0 Å². The zero-order valence-electron chi connectivity index (χ0n) is 14.6. The fraction of sp³-hybridized carbons (Fsp3) is 0.278. The molecule has 5 rings (SSSR count). The molecule has 1 aliphatic heterocycles. The summed E-state index contributed by atoms with van der Waals surface area (Å²) < 4.78 is 6.95. The fourth-order valence-electron chi connectivity index (χ4n) is 3.39. The zero-order valence-corrected chi connectivity index (χ0v) is 14.6. The quantitative estimate of drug-likeness (QED) is 0.574. The largest absolute Gasteiger partial charge is 0.348 e. The third-order valence-corrected chi connectivity index (χ3v) is 4.68. The molecule has 4 aromatic rings. The van der Waals surface area contributed by atoms with Gasteiger partial charge in [-0.15, -0.1) is 0 Å². The molecule has 3 aromatic heterocycles. The second-order valence-corrected chi connectivity index (χ2v) is 6.54. The minimum absolute atomic E-state index is 0.605. The van der Waals surface area contributed by atoms with Crippen LogP contribution in [-0.2, 0) is 26.2 Å². The fourth-order valence-corrected chi connectivity index (χ4v) is 3.39. The van der Waals surface area contributed by atoms with Gasteiger partial charge in [0.2, 0.25) is 5.95 Å². The molecule has 9 heteroatoms. The molecule has 0 fully saturated rings. The first kappa shape index (κ1) is 15.9. The molecule has 0 radical (unpaired) electrons. The Morgan fingerprint density at radius 1 is 1.07 bits per heavy atom. The molecule has 27 heavy (non-hydrogen) atoms. The van der Waals surface area contributed by atoms with E-state index >= 15 is 0 Å². The van der Waals surface area contributed by atoms with Crippen molar-refractivity contribution in [1.29, 1.82) is 0 Å². The van der Waals surface area contributed by atoms with Crippen molar-refractivity contribution < 1.29 is 4.63 Å². The predicted octanol–water partition coefficient (Wildman–Crippen LogP) is 1.84. The van der Waals surface area contributed by atoms with E-state index in [1.165, 1.54) is 5.69 Å². The molecule has 0 amide bonds. The van der Waals surface area contributed by atoms with Crippen molar-refractivity contribution in [1.82, 2.24) is 35.0 Å². The van der Waals surface area contributed by atoms with E-state index in [1.807, 2.05) is 12.1 Å². The number of hydrogen-bond donors (Lipinski definition) is 1. The van der Waals surface area contributed by atoms with Gasteiger partial charge in [-0.2, -0.15) is 5.10 Å². The molecule has 0 bridgehead atoms. The van der Waals surface area contributed by atoms with Gasteiger partial charge in [-0.3, -0.25) is 9.58 Å². The highest BCUT2D eigenvalue weighted by atomic mass is 16.6. The summed E-state index contributed by atoms with van der Waals surface area (Å²) in [5.74, 6) is 0.611. The van der Waals surface area contributed by atoms with Gasteiger partial charge in [0.25, 0.3) is 0 Å². The summed E-state index contributed by atoms with van der Waals surface area (Å²) in [5.41, 5.74) is 4.96.